The molecule has 3 heteroatoms. The average molecular weight is 229 g/mol. The van der Waals surface area contributed by atoms with Gasteiger partial charge in [0.25, 0.3) is 0 Å². The second-order valence-corrected chi connectivity index (χ2v) is 2.99. The maximum Gasteiger partial charge on any atom is 0.144 e. The van der Waals surface area contributed by atoms with E-state index in [2.05, 4.69) is 15.9 Å². The van der Waals surface area contributed by atoms with Crippen LogP contribution in [0.25, 0.3) is 6.08 Å². The minimum atomic E-state index is -0.351. The van der Waals surface area contributed by atoms with Crippen LogP contribution in [0.4, 0.5) is 4.39 Å². The normalized spacial score (nSPS) is 10.5. The van der Waals surface area contributed by atoms with Crippen molar-refractivity contribution in [1.29, 1.82) is 0 Å². The number of aldehydes is 1. The minimum absolute atomic E-state index is 0.351. The number of benzene rings is 1. The van der Waals surface area contributed by atoms with Gasteiger partial charge in [-0.15, -0.1) is 0 Å². The van der Waals surface area contributed by atoms with E-state index in [9.17, 15) is 9.18 Å². The molecule has 0 aliphatic heterocycles. The molecule has 0 atom stereocenters. The van der Waals surface area contributed by atoms with Gasteiger partial charge in [-0.1, -0.05) is 12.1 Å². The zero-order valence-corrected chi connectivity index (χ0v) is 7.71. The van der Waals surface area contributed by atoms with Crippen LogP contribution in [-0.4, -0.2) is 6.29 Å². The van der Waals surface area contributed by atoms with Crippen LogP contribution in [0.5, 0.6) is 0 Å². The highest BCUT2D eigenvalue weighted by Crippen LogP contribution is 2.19. The van der Waals surface area contributed by atoms with Crippen LogP contribution in [0.3, 0.4) is 0 Å². The number of hydrogen-bond donors (Lipinski definition) is 0. The second kappa shape index (κ2) is 4.16. The van der Waals surface area contributed by atoms with Crippen molar-refractivity contribution >= 4 is 28.3 Å². The Morgan fingerprint density at radius 2 is 2.17 bits per heavy atom. The van der Waals surface area contributed by atoms with Crippen LogP contribution in [-0.2, 0) is 4.79 Å². The first-order valence-electron chi connectivity index (χ1n) is 3.31. The van der Waals surface area contributed by atoms with E-state index in [0.717, 1.165) is 0 Å². The van der Waals surface area contributed by atoms with Gasteiger partial charge >= 0.3 is 0 Å². The van der Waals surface area contributed by atoms with Crippen LogP contribution >= 0.6 is 15.9 Å². The molecule has 12 heavy (non-hydrogen) atoms. The number of hydrogen-bond acceptors (Lipinski definition) is 1. The topological polar surface area (TPSA) is 17.1 Å². The first-order chi connectivity index (χ1) is 5.75. The Morgan fingerprint density at radius 3 is 2.83 bits per heavy atom. The standard InChI is InChI=1S/C9H6BrFO/c10-8-5-1-3-7(9(8)11)4-2-6-12/h1-6H/b4-2+. The average Bonchev–Trinajstić information content (AvgIpc) is 2.08. The lowest BCUT2D eigenvalue weighted by Crippen LogP contribution is -1.82. The summed E-state index contributed by atoms with van der Waals surface area (Å²) in [4.78, 5) is 9.95. The summed E-state index contributed by atoms with van der Waals surface area (Å²) in [6.45, 7) is 0. The molecule has 0 heterocycles. The molecule has 0 bridgehead atoms. The molecule has 0 spiro atoms. The quantitative estimate of drug-likeness (QED) is 0.562. The van der Waals surface area contributed by atoms with Gasteiger partial charge in [-0.05, 0) is 34.1 Å². The zero-order valence-electron chi connectivity index (χ0n) is 6.13. The van der Waals surface area contributed by atoms with Gasteiger partial charge in [0.1, 0.15) is 12.1 Å². The van der Waals surface area contributed by atoms with Gasteiger partial charge in [0.15, 0.2) is 0 Å². The predicted molar refractivity (Wildman–Crippen MR) is 49.2 cm³/mol. The lowest BCUT2D eigenvalue weighted by molar-refractivity contribution is -0.104. The second-order valence-electron chi connectivity index (χ2n) is 2.14. The fraction of sp³-hybridized carbons (Fsp3) is 0. The lowest BCUT2D eigenvalue weighted by atomic mass is 10.2. The van der Waals surface area contributed by atoms with Crippen molar-refractivity contribution in [3.05, 3.63) is 40.1 Å². The number of halogens is 2. The van der Waals surface area contributed by atoms with Crippen molar-refractivity contribution in [3.63, 3.8) is 0 Å². The Hall–Kier alpha value is -0.960. The molecule has 1 nitrogen and oxygen atoms in total. The third kappa shape index (κ3) is 2.01. The monoisotopic (exact) mass is 228 g/mol. The summed E-state index contributed by atoms with van der Waals surface area (Å²) in [5, 5.41) is 0. The number of allylic oxidation sites excluding steroid dienone is 1. The van der Waals surface area contributed by atoms with Crippen LogP contribution < -0.4 is 0 Å². The van der Waals surface area contributed by atoms with Crippen LogP contribution in [0.2, 0.25) is 0 Å². The number of rotatable bonds is 2. The smallest absolute Gasteiger partial charge is 0.144 e. The van der Waals surface area contributed by atoms with Crippen molar-refractivity contribution in [1.82, 2.24) is 0 Å². The highest BCUT2D eigenvalue weighted by Gasteiger charge is 2.01. The summed E-state index contributed by atoms with van der Waals surface area (Å²) < 4.78 is 13.5. The van der Waals surface area contributed by atoms with Crippen molar-refractivity contribution in [2.45, 2.75) is 0 Å². The third-order valence-electron chi connectivity index (χ3n) is 1.34. The summed E-state index contributed by atoms with van der Waals surface area (Å²) in [6, 6.07) is 4.91. The van der Waals surface area contributed by atoms with Gasteiger partial charge in [0, 0.05) is 5.56 Å². The van der Waals surface area contributed by atoms with Crippen molar-refractivity contribution < 1.29 is 9.18 Å². The van der Waals surface area contributed by atoms with Crippen molar-refractivity contribution in [2.75, 3.05) is 0 Å². The largest absolute Gasteiger partial charge is 0.299 e. The fourth-order valence-corrected chi connectivity index (χ4v) is 1.17. The molecule has 0 aliphatic carbocycles. The predicted octanol–water partition coefficient (Wildman–Crippen LogP) is 2.80. The lowest BCUT2D eigenvalue weighted by Gasteiger charge is -1.97. The van der Waals surface area contributed by atoms with Crippen molar-refractivity contribution in [3.8, 4) is 0 Å². The Labute approximate surface area is 78.0 Å². The summed E-state index contributed by atoms with van der Waals surface area (Å²) in [5.74, 6) is -0.351. The molecule has 0 fully saturated rings. The highest BCUT2D eigenvalue weighted by atomic mass is 79.9. The number of carbonyl (C=O) groups excluding carboxylic acids is 1. The molecule has 1 rings (SSSR count). The summed E-state index contributed by atoms with van der Waals surface area (Å²) >= 11 is 3.04. The maximum absolute atomic E-state index is 13.1. The molecule has 0 radical (unpaired) electrons. The van der Waals surface area contributed by atoms with Gasteiger partial charge in [-0.25, -0.2) is 4.39 Å². The fourth-order valence-electron chi connectivity index (χ4n) is 0.792. The Balaban J connectivity index is 3.07. The molecule has 1 aromatic rings. The molecule has 0 aromatic heterocycles. The van der Waals surface area contributed by atoms with E-state index in [4.69, 9.17) is 0 Å². The third-order valence-corrected chi connectivity index (χ3v) is 1.95. The number of carbonyl (C=O) groups is 1. The molecule has 0 unspecified atom stereocenters. The van der Waals surface area contributed by atoms with Crippen LogP contribution in [0.15, 0.2) is 28.7 Å². The zero-order chi connectivity index (χ0) is 8.97. The van der Waals surface area contributed by atoms with Gasteiger partial charge in [-0.2, -0.15) is 0 Å². The summed E-state index contributed by atoms with van der Waals surface area (Å²) in [7, 11) is 0. The molecule has 0 aliphatic rings. The summed E-state index contributed by atoms with van der Waals surface area (Å²) in [6.07, 6.45) is 3.29. The summed E-state index contributed by atoms with van der Waals surface area (Å²) in [5.41, 5.74) is 0.400. The minimum Gasteiger partial charge on any atom is -0.299 e. The Morgan fingerprint density at radius 1 is 1.42 bits per heavy atom. The van der Waals surface area contributed by atoms with Crippen LogP contribution in [0, 0.1) is 5.82 Å². The van der Waals surface area contributed by atoms with Crippen molar-refractivity contribution in [2.24, 2.45) is 0 Å². The Kier molecular flexibility index (Phi) is 3.17. The molecule has 0 N–H and O–H groups in total. The molecular weight excluding hydrogens is 223 g/mol. The van der Waals surface area contributed by atoms with Gasteiger partial charge < -0.3 is 0 Å². The van der Waals surface area contributed by atoms with E-state index in [0.29, 0.717) is 16.3 Å². The van der Waals surface area contributed by atoms with E-state index in [-0.39, 0.29) is 5.82 Å². The van der Waals surface area contributed by atoms with E-state index in [1.807, 2.05) is 0 Å². The van der Waals surface area contributed by atoms with Crippen LogP contribution in [0.1, 0.15) is 5.56 Å². The van der Waals surface area contributed by atoms with E-state index in [1.165, 1.54) is 12.2 Å². The maximum atomic E-state index is 13.1. The van der Waals surface area contributed by atoms with Gasteiger partial charge in [0.05, 0.1) is 4.47 Å². The molecule has 0 amide bonds. The SMILES string of the molecule is O=C/C=C/c1cccc(Br)c1F. The molecule has 0 saturated carbocycles. The Bertz CT molecular complexity index is 320. The van der Waals surface area contributed by atoms with E-state index >= 15 is 0 Å². The molecule has 1 aromatic carbocycles. The molecule has 0 saturated heterocycles. The van der Waals surface area contributed by atoms with Gasteiger partial charge in [0.2, 0.25) is 0 Å². The molecule has 62 valence electrons. The van der Waals surface area contributed by atoms with Gasteiger partial charge in [-0.3, -0.25) is 4.79 Å². The van der Waals surface area contributed by atoms with E-state index < -0.39 is 0 Å². The molecular formula is C9H6BrFO. The first kappa shape index (κ1) is 9.13. The highest BCUT2D eigenvalue weighted by molar-refractivity contribution is 9.10. The first-order valence-corrected chi connectivity index (χ1v) is 4.11. The van der Waals surface area contributed by atoms with E-state index in [1.54, 1.807) is 18.2 Å².